The minimum Gasteiger partial charge on any atom is -0.392 e. The zero-order chi connectivity index (χ0) is 59.8. The fourth-order valence-corrected chi connectivity index (χ4v) is 8.54. The van der Waals surface area contributed by atoms with Gasteiger partial charge in [-0.15, -0.1) is 0 Å². The summed E-state index contributed by atoms with van der Waals surface area (Å²) in [5, 5.41) is 33.5. The van der Waals surface area contributed by atoms with Crippen molar-refractivity contribution in [3.8, 4) is 35.5 Å². The molecule has 15 heteroatoms. The molecule has 9 N–H and O–H groups in total. The summed E-state index contributed by atoms with van der Waals surface area (Å²) in [6.45, 7) is 1.66. The number of nitrogens with zero attached hydrogens (tertiary/aromatic N) is 6. The summed E-state index contributed by atoms with van der Waals surface area (Å²) in [6.07, 6.45) is 5.93. The number of aliphatic hydroxyl groups excluding tert-OH is 3. The van der Waals surface area contributed by atoms with Gasteiger partial charge in [-0.3, -0.25) is 14.4 Å². The van der Waals surface area contributed by atoms with Crippen molar-refractivity contribution in [2.45, 2.75) is 56.8 Å². The van der Waals surface area contributed by atoms with Gasteiger partial charge in [-0.2, -0.15) is 0 Å². The smallest absolute Gasteiger partial charge is 0.162 e. The van der Waals surface area contributed by atoms with Crippen LogP contribution in [0.1, 0.15) is 103 Å². The summed E-state index contributed by atoms with van der Waals surface area (Å²) < 4.78 is 0. The lowest BCUT2D eigenvalue weighted by Gasteiger charge is -2.15. The SMILES string of the molecule is CN(C)CC(O)CCC(=O)c1ccc(C#Cc2ccc(N)nc2)cc1.CN(C)CC(O)CCC(=O)c1ccc(C#Cc2ccc3cc(N)ncc3c2)cc1.CN(C)CC(O)CCC(=O)c1ccc(C#Cc2cnc(N)c3ccccc23)cc1. The highest BCUT2D eigenvalue weighted by Gasteiger charge is 2.14. The number of carbonyl (C=O) groups is 3. The minimum absolute atomic E-state index is 0.0241. The van der Waals surface area contributed by atoms with Crippen molar-refractivity contribution in [1.29, 1.82) is 0 Å². The van der Waals surface area contributed by atoms with Crippen LogP contribution in [-0.2, 0) is 0 Å². The molecule has 0 radical (unpaired) electrons. The number of aliphatic hydroxyl groups is 3. The number of pyridine rings is 3. The van der Waals surface area contributed by atoms with Crippen LogP contribution in [0.5, 0.6) is 0 Å². The van der Waals surface area contributed by atoms with E-state index in [0.29, 0.717) is 92.3 Å². The van der Waals surface area contributed by atoms with Gasteiger partial charge in [0.25, 0.3) is 0 Å². The Labute approximate surface area is 487 Å². The molecule has 5 aromatic carbocycles. The first-order valence-electron chi connectivity index (χ1n) is 27.2. The van der Waals surface area contributed by atoms with Crippen LogP contribution in [0.25, 0.3) is 21.5 Å². The monoisotopic (exact) mass is 1110 g/mol. The Kier molecular flexibility index (Phi) is 24.2. The Bertz CT molecular complexity index is 3650. The van der Waals surface area contributed by atoms with Gasteiger partial charge < -0.3 is 47.2 Å². The molecule has 0 saturated carbocycles. The molecule has 0 fully saturated rings. The lowest BCUT2D eigenvalue weighted by molar-refractivity contribution is 0.0906. The first-order chi connectivity index (χ1) is 39.8. The van der Waals surface area contributed by atoms with Crippen molar-refractivity contribution in [2.24, 2.45) is 0 Å². The number of fused-ring (bicyclic) bond motifs is 2. The van der Waals surface area contributed by atoms with Gasteiger partial charge in [-0.05, 0) is 134 Å². The van der Waals surface area contributed by atoms with Gasteiger partial charge in [0, 0.05) is 118 Å². The summed E-state index contributed by atoms with van der Waals surface area (Å²) >= 11 is 0. The fourth-order valence-electron chi connectivity index (χ4n) is 8.54. The normalized spacial score (nSPS) is 11.8. The highest BCUT2D eigenvalue weighted by molar-refractivity contribution is 5.98. The molecule has 8 aromatic rings. The number of anilines is 3. The molecule has 15 nitrogen and oxygen atoms in total. The summed E-state index contributed by atoms with van der Waals surface area (Å²) in [7, 11) is 11.4. The average molecular weight is 1110 g/mol. The van der Waals surface area contributed by atoms with Gasteiger partial charge in [0.1, 0.15) is 17.5 Å². The highest BCUT2D eigenvalue weighted by atomic mass is 16.3. The quantitative estimate of drug-likeness (QED) is 0.0351. The van der Waals surface area contributed by atoms with Crippen LogP contribution in [0, 0.1) is 35.5 Å². The molecular weight excluding hydrogens is 1040 g/mol. The first-order valence-corrected chi connectivity index (χ1v) is 27.2. The second-order valence-electron chi connectivity index (χ2n) is 20.9. The zero-order valence-corrected chi connectivity index (χ0v) is 48.0. The van der Waals surface area contributed by atoms with Crippen LogP contribution in [0.4, 0.5) is 17.5 Å². The van der Waals surface area contributed by atoms with Gasteiger partial charge in [0.15, 0.2) is 17.3 Å². The van der Waals surface area contributed by atoms with Crippen molar-refractivity contribution < 1.29 is 29.7 Å². The number of nitrogens with two attached hydrogens (primary N) is 3. The van der Waals surface area contributed by atoms with E-state index in [0.717, 1.165) is 54.9 Å². The fraction of sp³-hybridized carbons (Fsp3) is 0.265. The second kappa shape index (κ2) is 31.8. The number of ketones is 3. The van der Waals surface area contributed by atoms with E-state index >= 15 is 0 Å². The molecule has 0 saturated heterocycles. The molecule has 0 aliphatic rings. The predicted octanol–water partition coefficient (Wildman–Crippen LogP) is 8.15. The Morgan fingerprint density at radius 3 is 1.27 bits per heavy atom. The molecule has 83 heavy (non-hydrogen) atoms. The maximum Gasteiger partial charge on any atom is 0.162 e. The molecule has 3 atom stereocenters. The third kappa shape index (κ3) is 21.4. The number of aromatic nitrogens is 3. The van der Waals surface area contributed by atoms with E-state index in [1.807, 2.05) is 148 Å². The van der Waals surface area contributed by atoms with E-state index in [1.54, 1.807) is 61.1 Å². The summed E-state index contributed by atoms with van der Waals surface area (Å²) in [6, 6.07) is 40.7. The lowest BCUT2D eigenvalue weighted by Crippen LogP contribution is -2.26. The van der Waals surface area contributed by atoms with Gasteiger partial charge in [0.05, 0.1) is 23.9 Å². The molecule has 426 valence electrons. The van der Waals surface area contributed by atoms with Gasteiger partial charge >= 0.3 is 0 Å². The highest BCUT2D eigenvalue weighted by Crippen LogP contribution is 2.22. The van der Waals surface area contributed by atoms with E-state index in [9.17, 15) is 29.7 Å². The largest absolute Gasteiger partial charge is 0.392 e. The minimum atomic E-state index is -0.498. The standard InChI is InChI=1S/2C24H25N3O2.C20H23N3O2/c1-27(2)16-22(28)11-12-23(29)19-8-5-17(6-9-19)3-4-18-7-10-20-14-24(25)26-15-21(20)13-18;1-27(2)16-20(28)13-14-23(29)18-10-7-17(8-11-18)9-12-19-15-26-24(25)22-6-4-3-5-21(19)22;1-23(2)14-18(24)10-11-19(25)17-8-5-15(6-9-17)3-4-16-7-12-20(21)22-13-16/h5-10,13-15,22,28H,11-12,16H2,1-2H3,(H2,25,26);3-8,10-11,15,20,28H,13-14,16H2,1-2H3,(H2,25,26);5-9,12-13,18,24H,10-11,14H2,1-2H3,(H2,21,22). The number of likely N-dealkylation sites (N-methyl/N-ethyl adjacent to an activating group) is 3. The number of hydrogen-bond donors (Lipinski definition) is 6. The molecule has 0 bridgehead atoms. The van der Waals surface area contributed by atoms with Crippen LogP contribution >= 0.6 is 0 Å². The molecule has 3 unspecified atom stereocenters. The van der Waals surface area contributed by atoms with Crippen molar-refractivity contribution in [3.05, 3.63) is 202 Å². The van der Waals surface area contributed by atoms with E-state index in [1.165, 1.54) is 0 Å². The van der Waals surface area contributed by atoms with E-state index in [-0.39, 0.29) is 17.3 Å². The van der Waals surface area contributed by atoms with Crippen LogP contribution in [-0.4, -0.2) is 143 Å². The maximum absolute atomic E-state index is 12.3. The third-order valence-electron chi connectivity index (χ3n) is 12.9. The number of benzene rings is 5. The Hall–Kier alpha value is -9.08. The summed E-state index contributed by atoms with van der Waals surface area (Å²) in [4.78, 5) is 54.8. The molecule has 0 aliphatic carbocycles. The number of carbonyl (C=O) groups excluding carboxylic acids is 3. The number of rotatable bonds is 18. The molecule has 0 amide bonds. The second-order valence-corrected chi connectivity index (χ2v) is 20.9. The Balaban J connectivity index is 0.000000201. The van der Waals surface area contributed by atoms with E-state index in [4.69, 9.17) is 17.2 Å². The Morgan fingerprint density at radius 1 is 0.422 bits per heavy atom. The zero-order valence-electron chi connectivity index (χ0n) is 48.0. The maximum atomic E-state index is 12.3. The summed E-state index contributed by atoms with van der Waals surface area (Å²) in [5.41, 5.74) is 24.0. The van der Waals surface area contributed by atoms with Crippen LogP contribution in [0.2, 0.25) is 0 Å². The van der Waals surface area contributed by atoms with E-state index in [2.05, 4.69) is 50.5 Å². The molecular formula is C68H73N9O6. The predicted molar refractivity (Wildman–Crippen MR) is 333 cm³/mol. The lowest BCUT2D eigenvalue weighted by atomic mass is 10.0. The van der Waals surface area contributed by atoms with E-state index < -0.39 is 18.3 Å². The molecule has 0 spiro atoms. The van der Waals surface area contributed by atoms with Crippen molar-refractivity contribution in [3.63, 3.8) is 0 Å². The number of hydrogen-bond acceptors (Lipinski definition) is 15. The molecule has 3 heterocycles. The number of Topliss-reactive ketones (excluding diaryl/α,β-unsaturated/α-hetero) is 3. The summed E-state index contributed by atoms with van der Waals surface area (Å²) in [5.74, 6) is 20.1. The first kappa shape index (κ1) is 63.1. The molecule has 3 aromatic heterocycles. The van der Waals surface area contributed by atoms with Crippen LogP contribution < -0.4 is 17.2 Å². The molecule has 0 aliphatic heterocycles. The molecule has 8 rings (SSSR count). The number of nitrogen functional groups attached to an aromatic ring is 3. The van der Waals surface area contributed by atoms with Crippen molar-refractivity contribution >= 4 is 56.3 Å². The van der Waals surface area contributed by atoms with Gasteiger partial charge in [-0.1, -0.05) is 102 Å². The topological polar surface area (TPSA) is 238 Å². The van der Waals surface area contributed by atoms with Crippen LogP contribution in [0.3, 0.4) is 0 Å². The van der Waals surface area contributed by atoms with Crippen molar-refractivity contribution in [1.82, 2.24) is 29.7 Å². The Morgan fingerprint density at radius 2 is 0.819 bits per heavy atom. The third-order valence-corrected chi connectivity index (χ3v) is 12.9. The van der Waals surface area contributed by atoms with Gasteiger partial charge in [-0.25, -0.2) is 15.0 Å². The van der Waals surface area contributed by atoms with Crippen molar-refractivity contribution in [2.75, 3.05) is 79.1 Å². The average Bonchev–Trinajstić information content (AvgIpc) is 3.48. The van der Waals surface area contributed by atoms with Gasteiger partial charge in [0.2, 0.25) is 0 Å². The van der Waals surface area contributed by atoms with Crippen LogP contribution in [0.15, 0.2) is 152 Å².